The lowest BCUT2D eigenvalue weighted by Crippen LogP contribution is -2.14. The van der Waals surface area contributed by atoms with Crippen molar-refractivity contribution in [2.24, 2.45) is 0 Å². The molecular formula is C12H9FN2O2. The Morgan fingerprint density at radius 1 is 1.29 bits per heavy atom. The summed E-state index contributed by atoms with van der Waals surface area (Å²) in [5.41, 5.74) is -0.145. The molecule has 1 heterocycles. The van der Waals surface area contributed by atoms with Crippen molar-refractivity contribution >= 4 is 11.7 Å². The number of amides is 1. The van der Waals surface area contributed by atoms with Crippen LogP contribution in [0.1, 0.15) is 10.4 Å². The van der Waals surface area contributed by atoms with E-state index in [0.29, 0.717) is 5.82 Å². The molecule has 0 aliphatic carbocycles. The Hall–Kier alpha value is -2.43. The molecule has 0 saturated carbocycles. The van der Waals surface area contributed by atoms with Gasteiger partial charge in [0.25, 0.3) is 5.91 Å². The number of hydrogen-bond acceptors (Lipinski definition) is 3. The van der Waals surface area contributed by atoms with Crippen molar-refractivity contribution < 1.29 is 14.3 Å². The number of phenols is 1. The fraction of sp³-hybridized carbons (Fsp3) is 0. The van der Waals surface area contributed by atoms with Crippen LogP contribution in [0.25, 0.3) is 0 Å². The first-order valence-corrected chi connectivity index (χ1v) is 4.88. The van der Waals surface area contributed by atoms with E-state index in [9.17, 15) is 9.18 Å². The zero-order chi connectivity index (χ0) is 12.3. The van der Waals surface area contributed by atoms with Crippen LogP contribution in [0, 0.1) is 5.82 Å². The smallest absolute Gasteiger partial charge is 0.259 e. The van der Waals surface area contributed by atoms with Crippen LogP contribution in [0.2, 0.25) is 0 Å². The predicted octanol–water partition coefficient (Wildman–Crippen LogP) is 2.18. The maximum Gasteiger partial charge on any atom is 0.259 e. The average molecular weight is 232 g/mol. The highest BCUT2D eigenvalue weighted by atomic mass is 19.1. The van der Waals surface area contributed by atoms with Gasteiger partial charge in [0.15, 0.2) is 0 Å². The number of aromatic nitrogens is 1. The van der Waals surface area contributed by atoms with Crippen LogP contribution in [-0.2, 0) is 0 Å². The van der Waals surface area contributed by atoms with Gasteiger partial charge in [-0.25, -0.2) is 9.37 Å². The number of aromatic hydroxyl groups is 1. The van der Waals surface area contributed by atoms with Gasteiger partial charge in [0.1, 0.15) is 17.4 Å². The number of anilines is 1. The zero-order valence-electron chi connectivity index (χ0n) is 8.72. The SMILES string of the molecule is O=C(Nc1ccccn1)c1ccc(O)cc1F. The molecule has 0 saturated heterocycles. The van der Waals surface area contributed by atoms with Crippen molar-refractivity contribution in [3.05, 3.63) is 54.0 Å². The molecule has 0 aliphatic heterocycles. The third-order valence-electron chi connectivity index (χ3n) is 2.10. The molecule has 0 fully saturated rings. The zero-order valence-corrected chi connectivity index (χ0v) is 8.72. The maximum absolute atomic E-state index is 13.4. The average Bonchev–Trinajstić information content (AvgIpc) is 2.30. The molecule has 0 bridgehead atoms. The molecule has 1 aromatic carbocycles. The van der Waals surface area contributed by atoms with Crippen LogP contribution in [0.5, 0.6) is 5.75 Å². The molecule has 5 heteroatoms. The molecule has 86 valence electrons. The van der Waals surface area contributed by atoms with Crippen molar-refractivity contribution in [1.82, 2.24) is 4.98 Å². The molecule has 2 aromatic rings. The minimum Gasteiger partial charge on any atom is -0.508 e. The van der Waals surface area contributed by atoms with Gasteiger partial charge < -0.3 is 10.4 Å². The summed E-state index contributed by atoms with van der Waals surface area (Å²) in [5, 5.41) is 11.5. The van der Waals surface area contributed by atoms with Gasteiger partial charge in [0, 0.05) is 12.3 Å². The first-order valence-electron chi connectivity index (χ1n) is 4.88. The van der Waals surface area contributed by atoms with Crippen LogP contribution in [0.15, 0.2) is 42.6 Å². The van der Waals surface area contributed by atoms with E-state index in [-0.39, 0.29) is 11.3 Å². The fourth-order valence-electron chi connectivity index (χ4n) is 1.31. The Kier molecular flexibility index (Phi) is 3.00. The van der Waals surface area contributed by atoms with Crippen LogP contribution in [-0.4, -0.2) is 16.0 Å². The van der Waals surface area contributed by atoms with E-state index in [1.807, 2.05) is 0 Å². The minimum absolute atomic E-state index is 0.145. The topological polar surface area (TPSA) is 62.2 Å². The highest BCUT2D eigenvalue weighted by molar-refractivity contribution is 6.04. The highest BCUT2D eigenvalue weighted by Crippen LogP contribution is 2.16. The van der Waals surface area contributed by atoms with E-state index in [2.05, 4.69) is 10.3 Å². The Balaban J connectivity index is 2.21. The van der Waals surface area contributed by atoms with E-state index in [0.717, 1.165) is 6.07 Å². The number of benzene rings is 1. The van der Waals surface area contributed by atoms with Gasteiger partial charge in [-0.05, 0) is 24.3 Å². The van der Waals surface area contributed by atoms with E-state index in [1.165, 1.54) is 18.3 Å². The van der Waals surface area contributed by atoms with Crippen molar-refractivity contribution in [2.45, 2.75) is 0 Å². The number of carbonyl (C=O) groups excluding carboxylic acids is 1. The number of nitrogens with one attached hydrogen (secondary N) is 1. The summed E-state index contributed by atoms with van der Waals surface area (Å²) in [6, 6.07) is 8.34. The largest absolute Gasteiger partial charge is 0.508 e. The second kappa shape index (κ2) is 4.61. The molecule has 1 amide bonds. The van der Waals surface area contributed by atoms with Crippen molar-refractivity contribution in [3.8, 4) is 5.75 Å². The highest BCUT2D eigenvalue weighted by Gasteiger charge is 2.12. The second-order valence-corrected chi connectivity index (χ2v) is 3.33. The minimum atomic E-state index is -0.779. The molecule has 0 radical (unpaired) electrons. The second-order valence-electron chi connectivity index (χ2n) is 3.33. The number of nitrogens with zero attached hydrogens (tertiary/aromatic N) is 1. The lowest BCUT2D eigenvalue weighted by atomic mass is 10.2. The van der Waals surface area contributed by atoms with Gasteiger partial charge in [0.2, 0.25) is 0 Å². The van der Waals surface area contributed by atoms with E-state index in [1.54, 1.807) is 18.2 Å². The van der Waals surface area contributed by atoms with Gasteiger partial charge in [-0.2, -0.15) is 0 Å². The molecule has 0 unspecified atom stereocenters. The Bertz CT molecular complexity index is 543. The number of pyridine rings is 1. The Morgan fingerprint density at radius 3 is 2.76 bits per heavy atom. The third-order valence-corrected chi connectivity index (χ3v) is 2.10. The van der Waals surface area contributed by atoms with Crippen molar-refractivity contribution in [3.63, 3.8) is 0 Å². The number of hydrogen-bond donors (Lipinski definition) is 2. The monoisotopic (exact) mass is 232 g/mol. The van der Waals surface area contributed by atoms with Gasteiger partial charge in [-0.15, -0.1) is 0 Å². The number of halogens is 1. The number of phenolic OH excluding ortho intramolecular Hbond substituents is 1. The Morgan fingerprint density at radius 2 is 2.12 bits per heavy atom. The molecule has 17 heavy (non-hydrogen) atoms. The van der Waals surface area contributed by atoms with Crippen LogP contribution in [0.4, 0.5) is 10.2 Å². The molecule has 4 nitrogen and oxygen atoms in total. The van der Waals surface area contributed by atoms with E-state index >= 15 is 0 Å². The summed E-state index contributed by atoms with van der Waals surface area (Å²) in [5.74, 6) is -1.28. The summed E-state index contributed by atoms with van der Waals surface area (Å²) in [6.45, 7) is 0. The van der Waals surface area contributed by atoms with Gasteiger partial charge >= 0.3 is 0 Å². The lowest BCUT2D eigenvalue weighted by molar-refractivity contribution is 0.102. The molecular weight excluding hydrogens is 223 g/mol. The van der Waals surface area contributed by atoms with E-state index < -0.39 is 11.7 Å². The predicted molar refractivity (Wildman–Crippen MR) is 60.3 cm³/mol. The van der Waals surface area contributed by atoms with Crippen molar-refractivity contribution in [1.29, 1.82) is 0 Å². The first kappa shape index (κ1) is 11.1. The van der Waals surface area contributed by atoms with E-state index in [4.69, 9.17) is 5.11 Å². The summed E-state index contributed by atoms with van der Waals surface area (Å²) < 4.78 is 13.4. The third kappa shape index (κ3) is 2.57. The molecule has 2 rings (SSSR count). The number of rotatable bonds is 2. The van der Waals surface area contributed by atoms with Crippen LogP contribution >= 0.6 is 0 Å². The standard InChI is InChI=1S/C12H9FN2O2/c13-10-7-8(16)4-5-9(10)12(17)15-11-3-1-2-6-14-11/h1-7,16H,(H,14,15,17). The van der Waals surface area contributed by atoms with Gasteiger partial charge in [0.05, 0.1) is 5.56 Å². The quantitative estimate of drug-likeness (QED) is 0.834. The summed E-state index contributed by atoms with van der Waals surface area (Å²) in [4.78, 5) is 15.6. The van der Waals surface area contributed by atoms with Gasteiger partial charge in [-0.3, -0.25) is 4.79 Å². The fourth-order valence-corrected chi connectivity index (χ4v) is 1.31. The van der Waals surface area contributed by atoms with Crippen molar-refractivity contribution in [2.75, 3.05) is 5.32 Å². The van der Waals surface area contributed by atoms with Crippen LogP contribution < -0.4 is 5.32 Å². The van der Waals surface area contributed by atoms with Gasteiger partial charge in [-0.1, -0.05) is 6.07 Å². The summed E-state index contributed by atoms with van der Waals surface area (Å²) >= 11 is 0. The first-order chi connectivity index (χ1) is 8.16. The Labute approximate surface area is 96.7 Å². The molecule has 2 N–H and O–H groups in total. The number of carbonyl (C=O) groups is 1. The maximum atomic E-state index is 13.4. The lowest BCUT2D eigenvalue weighted by Gasteiger charge is -2.05. The molecule has 0 aliphatic rings. The summed E-state index contributed by atoms with van der Waals surface area (Å²) in [6.07, 6.45) is 1.52. The van der Waals surface area contributed by atoms with Crippen LogP contribution in [0.3, 0.4) is 0 Å². The summed E-state index contributed by atoms with van der Waals surface area (Å²) in [7, 11) is 0. The molecule has 0 atom stereocenters. The molecule has 0 spiro atoms. The normalized spacial score (nSPS) is 9.94. The molecule has 1 aromatic heterocycles.